The monoisotopic (exact) mass is 170 g/mol. The third kappa shape index (κ3) is 2.20. The Kier molecular flexibility index (Phi) is 2.44. The van der Waals surface area contributed by atoms with Crippen molar-refractivity contribution in [2.24, 2.45) is 0 Å². The molecule has 0 amide bonds. The second kappa shape index (κ2) is 3.34. The van der Waals surface area contributed by atoms with Gasteiger partial charge in [-0.25, -0.2) is 4.98 Å². The first-order valence-electron chi connectivity index (χ1n) is 2.91. The fraction of sp³-hybridized carbons (Fsp3) is 0.143. The minimum Gasteiger partial charge on any atom is -0.406 e. The highest BCUT2D eigenvalue weighted by Gasteiger charge is 2.03. The SMILES string of the molecule is CC(=O)Oc1ncc[c]c1Cl. The van der Waals surface area contributed by atoms with Gasteiger partial charge in [-0.05, 0) is 6.07 Å². The number of hydrogen-bond donors (Lipinski definition) is 0. The number of aromatic nitrogens is 1. The van der Waals surface area contributed by atoms with Gasteiger partial charge >= 0.3 is 5.97 Å². The van der Waals surface area contributed by atoms with Crippen molar-refractivity contribution in [1.82, 2.24) is 4.98 Å². The van der Waals surface area contributed by atoms with Gasteiger partial charge in [-0.1, -0.05) is 11.6 Å². The van der Waals surface area contributed by atoms with E-state index < -0.39 is 5.97 Å². The van der Waals surface area contributed by atoms with Gasteiger partial charge in [-0.3, -0.25) is 4.79 Å². The van der Waals surface area contributed by atoms with Crippen LogP contribution in [0, 0.1) is 6.07 Å². The minimum absolute atomic E-state index is 0.0988. The molecule has 0 aliphatic carbocycles. The lowest BCUT2D eigenvalue weighted by Gasteiger charge is -1.99. The number of hydrogen-bond acceptors (Lipinski definition) is 3. The van der Waals surface area contributed by atoms with Gasteiger partial charge in [0.15, 0.2) is 0 Å². The second-order valence-corrected chi connectivity index (χ2v) is 2.18. The van der Waals surface area contributed by atoms with Crippen LogP contribution in [-0.4, -0.2) is 11.0 Å². The maximum Gasteiger partial charge on any atom is 0.309 e. The van der Waals surface area contributed by atoms with E-state index in [0.29, 0.717) is 0 Å². The van der Waals surface area contributed by atoms with Crippen LogP contribution in [0.1, 0.15) is 6.92 Å². The van der Waals surface area contributed by atoms with E-state index >= 15 is 0 Å². The lowest BCUT2D eigenvalue weighted by molar-refractivity contribution is -0.132. The number of nitrogens with zero attached hydrogens (tertiary/aromatic N) is 1. The summed E-state index contributed by atoms with van der Waals surface area (Å²) in [7, 11) is 0. The van der Waals surface area contributed by atoms with Crippen LogP contribution in [-0.2, 0) is 4.79 Å². The number of halogens is 1. The van der Waals surface area contributed by atoms with Gasteiger partial charge in [-0.15, -0.1) is 0 Å². The molecule has 0 bridgehead atoms. The molecular formula is C7H5ClNO2. The van der Waals surface area contributed by atoms with Crippen LogP contribution in [0.25, 0.3) is 0 Å². The molecule has 57 valence electrons. The molecule has 0 aliphatic heterocycles. The molecule has 0 aliphatic rings. The number of carbonyl (C=O) groups excluding carboxylic acids is 1. The van der Waals surface area contributed by atoms with Gasteiger partial charge in [-0.2, -0.15) is 0 Å². The van der Waals surface area contributed by atoms with Crippen molar-refractivity contribution in [3.63, 3.8) is 0 Å². The molecule has 0 unspecified atom stereocenters. The molecule has 0 atom stereocenters. The molecule has 1 aromatic rings. The Bertz CT molecular complexity index is 275. The lowest BCUT2D eigenvalue weighted by atomic mass is 10.5. The smallest absolute Gasteiger partial charge is 0.309 e. The third-order valence-electron chi connectivity index (χ3n) is 0.905. The highest BCUT2D eigenvalue weighted by atomic mass is 35.5. The Hall–Kier alpha value is -1.09. The Morgan fingerprint density at radius 3 is 3.09 bits per heavy atom. The average Bonchev–Trinajstić information content (AvgIpc) is 1.93. The zero-order chi connectivity index (χ0) is 8.27. The summed E-state index contributed by atoms with van der Waals surface area (Å²) < 4.78 is 4.63. The van der Waals surface area contributed by atoms with Crippen molar-refractivity contribution in [2.75, 3.05) is 0 Å². The minimum atomic E-state index is -0.445. The molecule has 3 nitrogen and oxygen atoms in total. The van der Waals surface area contributed by atoms with Crippen molar-refractivity contribution in [3.05, 3.63) is 23.4 Å². The Balaban J connectivity index is 2.86. The first-order chi connectivity index (χ1) is 5.20. The van der Waals surface area contributed by atoms with E-state index in [9.17, 15) is 4.79 Å². The van der Waals surface area contributed by atoms with E-state index in [2.05, 4.69) is 15.8 Å². The fourth-order valence-electron chi connectivity index (χ4n) is 0.541. The van der Waals surface area contributed by atoms with Gasteiger partial charge in [0, 0.05) is 19.2 Å². The summed E-state index contributed by atoms with van der Waals surface area (Å²) in [5.41, 5.74) is 0. The largest absolute Gasteiger partial charge is 0.406 e. The summed E-state index contributed by atoms with van der Waals surface area (Å²) in [4.78, 5) is 14.1. The zero-order valence-corrected chi connectivity index (χ0v) is 6.55. The van der Waals surface area contributed by atoms with Crippen molar-refractivity contribution < 1.29 is 9.53 Å². The molecule has 0 aromatic carbocycles. The molecule has 4 heteroatoms. The molecule has 1 rings (SSSR count). The summed E-state index contributed by atoms with van der Waals surface area (Å²) in [5.74, 6) is -0.347. The predicted molar refractivity (Wildman–Crippen MR) is 39.4 cm³/mol. The molecule has 0 N–H and O–H groups in total. The molecule has 1 radical (unpaired) electrons. The van der Waals surface area contributed by atoms with Gasteiger partial charge < -0.3 is 4.74 Å². The first-order valence-corrected chi connectivity index (χ1v) is 3.28. The maximum absolute atomic E-state index is 10.4. The highest BCUT2D eigenvalue weighted by Crippen LogP contribution is 2.18. The molecular weight excluding hydrogens is 166 g/mol. The summed E-state index contributed by atoms with van der Waals surface area (Å²) >= 11 is 5.57. The van der Waals surface area contributed by atoms with Crippen LogP contribution in [0.4, 0.5) is 0 Å². The van der Waals surface area contributed by atoms with Crippen molar-refractivity contribution in [2.45, 2.75) is 6.92 Å². The summed E-state index contributed by atoms with van der Waals surface area (Å²) in [6, 6.07) is 4.17. The molecule has 0 saturated carbocycles. The Labute approximate surface area is 69.0 Å². The molecule has 1 aromatic heterocycles. The van der Waals surface area contributed by atoms with Crippen LogP contribution < -0.4 is 4.74 Å². The fourth-order valence-corrected chi connectivity index (χ4v) is 0.691. The predicted octanol–water partition coefficient (Wildman–Crippen LogP) is 1.46. The molecule has 1 heterocycles. The number of rotatable bonds is 1. The third-order valence-corrected chi connectivity index (χ3v) is 1.18. The van der Waals surface area contributed by atoms with Crippen LogP contribution >= 0.6 is 11.6 Å². The van der Waals surface area contributed by atoms with E-state index in [0.717, 1.165) is 0 Å². The van der Waals surface area contributed by atoms with Gasteiger partial charge in [0.2, 0.25) is 5.88 Å². The zero-order valence-electron chi connectivity index (χ0n) is 5.80. The van der Waals surface area contributed by atoms with E-state index in [1.807, 2.05) is 0 Å². The normalized spacial score (nSPS) is 9.27. The van der Waals surface area contributed by atoms with Gasteiger partial charge in [0.25, 0.3) is 0 Å². The van der Waals surface area contributed by atoms with E-state index in [1.54, 1.807) is 0 Å². The van der Waals surface area contributed by atoms with Crippen molar-refractivity contribution in [3.8, 4) is 5.88 Å². The number of carbonyl (C=O) groups is 1. The Morgan fingerprint density at radius 1 is 1.82 bits per heavy atom. The van der Waals surface area contributed by atoms with Crippen molar-refractivity contribution in [1.29, 1.82) is 0 Å². The van der Waals surface area contributed by atoms with Crippen LogP contribution in [0.2, 0.25) is 5.02 Å². The van der Waals surface area contributed by atoms with Crippen LogP contribution in [0.3, 0.4) is 0 Å². The number of pyridine rings is 1. The van der Waals surface area contributed by atoms with Crippen LogP contribution in [0.15, 0.2) is 12.3 Å². The van der Waals surface area contributed by atoms with E-state index in [4.69, 9.17) is 11.6 Å². The number of esters is 1. The molecule has 0 fully saturated rings. The van der Waals surface area contributed by atoms with E-state index in [-0.39, 0.29) is 10.9 Å². The lowest BCUT2D eigenvalue weighted by Crippen LogP contribution is -2.03. The number of ether oxygens (including phenoxy) is 1. The van der Waals surface area contributed by atoms with Gasteiger partial charge in [0.1, 0.15) is 5.02 Å². The first kappa shape index (κ1) is 8.01. The molecule has 0 saturated heterocycles. The Morgan fingerprint density at radius 2 is 2.55 bits per heavy atom. The van der Waals surface area contributed by atoms with Gasteiger partial charge in [0.05, 0.1) is 0 Å². The summed E-state index contributed by atoms with van der Waals surface area (Å²) in [6.07, 6.45) is 1.45. The molecule has 0 spiro atoms. The van der Waals surface area contributed by atoms with E-state index in [1.165, 1.54) is 19.2 Å². The maximum atomic E-state index is 10.4. The second-order valence-electron chi connectivity index (χ2n) is 1.80. The van der Waals surface area contributed by atoms with Crippen molar-refractivity contribution >= 4 is 17.6 Å². The molecule has 11 heavy (non-hydrogen) atoms. The summed E-state index contributed by atoms with van der Waals surface area (Å²) in [5, 5.41) is 0.211. The quantitative estimate of drug-likeness (QED) is 0.599. The topological polar surface area (TPSA) is 39.2 Å². The summed E-state index contributed by atoms with van der Waals surface area (Å²) in [6.45, 7) is 1.28. The highest BCUT2D eigenvalue weighted by molar-refractivity contribution is 6.31. The average molecular weight is 171 g/mol. The van der Waals surface area contributed by atoms with Crippen LogP contribution in [0.5, 0.6) is 5.88 Å². The standard InChI is InChI=1S/C7H5ClNO2/c1-5(10)11-7-6(8)3-2-4-9-7/h2,4H,1H3.